The van der Waals surface area contributed by atoms with Crippen molar-refractivity contribution in [1.82, 2.24) is 20.3 Å². The van der Waals surface area contributed by atoms with Gasteiger partial charge in [0.2, 0.25) is 11.8 Å². The van der Waals surface area contributed by atoms with Crippen LogP contribution in [0.3, 0.4) is 0 Å². The molecular formula is C18H26N4O2. The number of pyridine rings is 1. The van der Waals surface area contributed by atoms with E-state index >= 15 is 0 Å². The van der Waals surface area contributed by atoms with E-state index in [1.165, 1.54) is 18.4 Å². The van der Waals surface area contributed by atoms with E-state index in [0.29, 0.717) is 6.54 Å². The molecule has 0 spiro atoms. The standard InChI is InChI=1S/C18H26N4O2/c1-14-10-17(11-20-18(14)24-13-16-4-5-16)12-22-8-3-7-21(22)9-6-19-15(2)23/h3,7,10-11,16H,4-6,8-9,12-13H2,1-2H3,(H,19,23). The van der Waals surface area contributed by atoms with Gasteiger partial charge in [-0.1, -0.05) is 6.08 Å². The van der Waals surface area contributed by atoms with E-state index in [9.17, 15) is 4.79 Å². The molecule has 0 aromatic carbocycles. The minimum atomic E-state index is 0.00587. The molecule has 1 aromatic heterocycles. The molecule has 1 saturated carbocycles. The van der Waals surface area contributed by atoms with Crippen molar-refractivity contribution < 1.29 is 9.53 Å². The number of nitrogens with zero attached hydrogens (tertiary/aromatic N) is 3. The molecule has 2 heterocycles. The number of amides is 1. The summed E-state index contributed by atoms with van der Waals surface area (Å²) >= 11 is 0. The molecule has 1 aliphatic heterocycles. The zero-order chi connectivity index (χ0) is 16.9. The van der Waals surface area contributed by atoms with Crippen molar-refractivity contribution in [2.75, 3.05) is 26.2 Å². The van der Waals surface area contributed by atoms with Crippen LogP contribution in [0.2, 0.25) is 0 Å². The smallest absolute Gasteiger partial charge is 0.216 e. The lowest BCUT2D eigenvalue weighted by Crippen LogP contribution is -2.39. The van der Waals surface area contributed by atoms with Gasteiger partial charge in [-0.25, -0.2) is 9.99 Å². The van der Waals surface area contributed by atoms with Crippen molar-refractivity contribution in [3.8, 4) is 5.88 Å². The number of hydrogen-bond acceptors (Lipinski definition) is 5. The van der Waals surface area contributed by atoms with Crippen LogP contribution < -0.4 is 10.1 Å². The van der Waals surface area contributed by atoms with Crippen LogP contribution in [0.5, 0.6) is 5.88 Å². The molecule has 1 fully saturated rings. The van der Waals surface area contributed by atoms with Crippen LogP contribution in [0, 0.1) is 12.8 Å². The quantitative estimate of drug-likeness (QED) is 0.788. The first-order chi connectivity index (χ1) is 11.6. The van der Waals surface area contributed by atoms with E-state index in [1.807, 2.05) is 6.20 Å². The van der Waals surface area contributed by atoms with Gasteiger partial charge in [0.25, 0.3) is 0 Å². The normalized spacial score (nSPS) is 17.3. The number of carbonyl (C=O) groups excluding carboxylic acids is 1. The van der Waals surface area contributed by atoms with Gasteiger partial charge in [0.15, 0.2) is 0 Å². The van der Waals surface area contributed by atoms with Crippen LogP contribution >= 0.6 is 0 Å². The summed E-state index contributed by atoms with van der Waals surface area (Å²) in [5.41, 5.74) is 2.25. The largest absolute Gasteiger partial charge is 0.477 e. The van der Waals surface area contributed by atoms with Gasteiger partial charge in [0.1, 0.15) is 0 Å². The Bertz CT molecular complexity index is 613. The van der Waals surface area contributed by atoms with Gasteiger partial charge in [0, 0.05) is 44.5 Å². The maximum atomic E-state index is 11.0. The summed E-state index contributed by atoms with van der Waals surface area (Å²) < 4.78 is 5.79. The molecule has 1 N–H and O–H groups in total. The van der Waals surface area contributed by atoms with Crippen LogP contribution in [0.1, 0.15) is 30.9 Å². The molecule has 1 amide bonds. The summed E-state index contributed by atoms with van der Waals surface area (Å²) in [7, 11) is 0. The van der Waals surface area contributed by atoms with Gasteiger partial charge < -0.3 is 15.1 Å². The van der Waals surface area contributed by atoms with E-state index in [0.717, 1.165) is 43.6 Å². The van der Waals surface area contributed by atoms with E-state index < -0.39 is 0 Å². The van der Waals surface area contributed by atoms with Crippen LogP contribution in [-0.2, 0) is 11.3 Å². The first-order valence-electron chi connectivity index (χ1n) is 8.63. The minimum absolute atomic E-state index is 0.00587. The van der Waals surface area contributed by atoms with E-state index in [1.54, 1.807) is 6.92 Å². The lowest BCUT2D eigenvalue weighted by molar-refractivity contribution is -0.119. The SMILES string of the molecule is CC(=O)NCCN1C=CCN1Cc1cnc(OCC2CC2)c(C)c1. The molecule has 1 aromatic rings. The van der Waals surface area contributed by atoms with Crippen LogP contribution in [0.4, 0.5) is 0 Å². The fourth-order valence-electron chi connectivity index (χ4n) is 2.76. The maximum Gasteiger partial charge on any atom is 0.216 e. The number of carbonyl (C=O) groups is 1. The molecule has 24 heavy (non-hydrogen) atoms. The highest BCUT2D eigenvalue weighted by Gasteiger charge is 2.22. The summed E-state index contributed by atoms with van der Waals surface area (Å²) in [6, 6.07) is 2.15. The van der Waals surface area contributed by atoms with Gasteiger partial charge in [-0.05, 0) is 37.3 Å². The number of nitrogens with one attached hydrogen (secondary N) is 1. The summed E-state index contributed by atoms with van der Waals surface area (Å²) in [6.45, 7) is 7.46. The average molecular weight is 330 g/mol. The summed E-state index contributed by atoms with van der Waals surface area (Å²) in [5.74, 6) is 1.50. The van der Waals surface area contributed by atoms with Gasteiger partial charge in [-0.15, -0.1) is 0 Å². The van der Waals surface area contributed by atoms with Crippen molar-refractivity contribution in [2.24, 2.45) is 5.92 Å². The molecule has 0 radical (unpaired) electrons. The van der Waals surface area contributed by atoms with E-state index in [-0.39, 0.29) is 5.91 Å². The lowest BCUT2D eigenvalue weighted by Gasteiger charge is -2.29. The molecule has 0 atom stereocenters. The second-order valence-electron chi connectivity index (χ2n) is 6.60. The number of aryl methyl sites for hydroxylation is 1. The summed E-state index contributed by atoms with van der Waals surface area (Å²) in [6.07, 6.45) is 8.66. The number of aromatic nitrogens is 1. The Labute approximate surface area is 143 Å². The zero-order valence-corrected chi connectivity index (χ0v) is 14.5. The Balaban J connectivity index is 1.52. The second kappa shape index (κ2) is 7.66. The molecule has 6 nitrogen and oxygen atoms in total. The van der Waals surface area contributed by atoms with Crippen LogP contribution in [0.15, 0.2) is 24.5 Å². The third-order valence-electron chi connectivity index (χ3n) is 4.28. The van der Waals surface area contributed by atoms with Gasteiger partial charge in [-0.2, -0.15) is 0 Å². The Morgan fingerprint density at radius 1 is 1.46 bits per heavy atom. The van der Waals surface area contributed by atoms with Crippen molar-refractivity contribution in [2.45, 2.75) is 33.2 Å². The molecule has 2 aliphatic rings. The highest BCUT2D eigenvalue weighted by molar-refractivity contribution is 5.72. The Morgan fingerprint density at radius 3 is 3.00 bits per heavy atom. The van der Waals surface area contributed by atoms with Gasteiger partial charge in [-0.3, -0.25) is 4.79 Å². The molecule has 1 aliphatic carbocycles. The molecule has 130 valence electrons. The number of hydrazine groups is 1. The van der Waals surface area contributed by atoms with Gasteiger partial charge >= 0.3 is 0 Å². The van der Waals surface area contributed by atoms with E-state index in [2.05, 4.69) is 45.6 Å². The molecular weight excluding hydrogens is 304 g/mol. The molecule has 0 unspecified atom stereocenters. The average Bonchev–Trinajstić information content (AvgIpc) is 3.27. The first kappa shape index (κ1) is 16.8. The fourth-order valence-corrected chi connectivity index (χ4v) is 2.76. The van der Waals surface area contributed by atoms with Crippen molar-refractivity contribution in [1.29, 1.82) is 0 Å². The predicted molar refractivity (Wildman–Crippen MR) is 92.1 cm³/mol. The topological polar surface area (TPSA) is 57.7 Å². The third-order valence-corrected chi connectivity index (χ3v) is 4.28. The number of hydrogen-bond donors (Lipinski definition) is 1. The first-order valence-corrected chi connectivity index (χ1v) is 8.63. The highest BCUT2D eigenvalue weighted by atomic mass is 16.5. The maximum absolute atomic E-state index is 11.0. The minimum Gasteiger partial charge on any atom is -0.477 e. The van der Waals surface area contributed by atoms with Crippen LogP contribution in [-0.4, -0.2) is 47.2 Å². The van der Waals surface area contributed by atoms with Crippen LogP contribution in [0.25, 0.3) is 0 Å². The molecule has 3 rings (SSSR count). The van der Waals surface area contributed by atoms with Crippen molar-refractivity contribution in [3.05, 3.63) is 35.7 Å². The number of rotatable bonds is 8. The third kappa shape index (κ3) is 4.71. The summed E-state index contributed by atoms with van der Waals surface area (Å²) in [4.78, 5) is 15.5. The molecule has 0 bridgehead atoms. The monoisotopic (exact) mass is 330 g/mol. The van der Waals surface area contributed by atoms with Crippen molar-refractivity contribution in [3.63, 3.8) is 0 Å². The Hall–Kier alpha value is -2.08. The Morgan fingerprint density at radius 2 is 2.29 bits per heavy atom. The molecule has 0 saturated heterocycles. The fraction of sp³-hybridized carbons (Fsp3) is 0.556. The zero-order valence-electron chi connectivity index (χ0n) is 14.5. The lowest BCUT2D eigenvalue weighted by atomic mass is 10.2. The Kier molecular flexibility index (Phi) is 5.35. The van der Waals surface area contributed by atoms with E-state index in [4.69, 9.17) is 4.74 Å². The predicted octanol–water partition coefficient (Wildman–Crippen LogP) is 1.86. The van der Waals surface area contributed by atoms with Gasteiger partial charge in [0.05, 0.1) is 13.2 Å². The number of ether oxygens (including phenoxy) is 1. The second-order valence-corrected chi connectivity index (χ2v) is 6.60. The van der Waals surface area contributed by atoms with Crippen molar-refractivity contribution >= 4 is 5.91 Å². The highest BCUT2D eigenvalue weighted by Crippen LogP contribution is 2.29. The summed E-state index contributed by atoms with van der Waals surface area (Å²) in [5, 5.41) is 7.21. The molecule has 6 heteroatoms.